The topological polar surface area (TPSA) is 81.1 Å². The summed E-state index contributed by atoms with van der Waals surface area (Å²) in [6.45, 7) is 0. The minimum absolute atomic E-state index is 0.163. The molecule has 2 aliphatic carbocycles. The van der Waals surface area contributed by atoms with Crippen LogP contribution in [-0.4, -0.2) is 27.0 Å². The first-order valence-electron chi connectivity index (χ1n) is 5.76. The summed E-state index contributed by atoms with van der Waals surface area (Å²) in [6.07, 6.45) is 3.68. The molecule has 2 aliphatic rings. The van der Waals surface area contributed by atoms with Gasteiger partial charge in [0, 0.05) is 12.0 Å². The van der Waals surface area contributed by atoms with Crippen LogP contribution in [0.5, 0.6) is 0 Å². The normalized spacial score (nSPS) is 24.2. The number of aromatic nitrogens is 2. The molecule has 0 radical (unpaired) electrons. The van der Waals surface area contributed by atoms with E-state index in [1.54, 1.807) is 0 Å². The van der Waals surface area contributed by atoms with Crippen LogP contribution in [0, 0.1) is 0 Å². The fourth-order valence-electron chi connectivity index (χ4n) is 2.51. The van der Waals surface area contributed by atoms with Gasteiger partial charge in [-0.25, -0.2) is 4.79 Å². The molecule has 0 aromatic carbocycles. The number of carboxylic acid groups (broad SMARTS) is 1. The number of fused-ring (bicyclic) bond motifs is 1. The zero-order chi connectivity index (χ0) is 11.3. The lowest BCUT2D eigenvalue weighted by Crippen LogP contribution is -2.29. The number of hydrogen-bond acceptors (Lipinski definition) is 3. The second-order valence-electron chi connectivity index (χ2n) is 4.78. The standard InChI is InChI=1S/C11H15N3O2/c12-7-3-4-9-8(5-7)10(6-1-2-6)13-14(9)11(15)16/h6-7H,1-5,12H2,(H,15,16). The van der Waals surface area contributed by atoms with E-state index in [-0.39, 0.29) is 6.04 Å². The van der Waals surface area contributed by atoms with Crippen molar-refractivity contribution in [2.75, 3.05) is 0 Å². The molecule has 5 heteroatoms. The lowest BCUT2D eigenvalue weighted by molar-refractivity contribution is 0.191. The van der Waals surface area contributed by atoms with E-state index in [1.165, 1.54) is 0 Å². The first-order valence-corrected chi connectivity index (χ1v) is 5.76. The smallest absolute Gasteiger partial charge is 0.432 e. The summed E-state index contributed by atoms with van der Waals surface area (Å²) in [5, 5.41) is 13.3. The Balaban J connectivity index is 2.09. The second kappa shape index (κ2) is 3.31. The van der Waals surface area contributed by atoms with Gasteiger partial charge in [-0.2, -0.15) is 9.78 Å². The average Bonchev–Trinajstić information content (AvgIpc) is 3.00. The van der Waals surface area contributed by atoms with Gasteiger partial charge in [-0.1, -0.05) is 0 Å². The highest BCUT2D eigenvalue weighted by atomic mass is 16.4. The molecule has 0 amide bonds. The number of nitrogens with zero attached hydrogens (tertiary/aromatic N) is 2. The van der Waals surface area contributed by atoms with E-state index < -0.39 is 6.09 Å². The molecule has 0 saturated heterocycles. The summed E-state index contributed by atoms with van der Waals surface area (Å²) < 4.78 is 1.16. The molecule has 1 atom stereocenters. The zero-order valence-electron chi connectivity index (χ0n) is 9.02. The van der Waals surface area contributed by atoms with Crippen molar-refractivity contribution in [2.45, 2.75) is 44.1 Å². The minimum Gasteiger partial charge on any atom is -0.463 e. The molecular weight excluding hydrogens is 206 g/mol. The Bertz CT molecular complexity index is 448. The minimum atomic E-state index is -0.973. The third kappa shape index (κ3) is 1.43. The van der Waals surface area contributed by atoms with E-state index >= 15 is 0 Å². The lowest BCUT2D eigenvalue weighted by atomic mass is 9.91. The van der Waals surface area contributed by atoms with Crippen LogP contribution in [0.2, 0.25) is 0 Å². The monoisotopic (exact) mass is 221 g/mol. The predicted molar refractivity (Wildman–Crippen MR) is 57.6 cm³/mol. The molecule has 1 aromatic heterocycles. The number of rotatable bonds is 1. The highest BCUT2D eigenvalue weighted by Gasteiger charge is 2.34. The van der Waals surface area contributed by atoms with E-state index in [0.717, 1.165) is 53.7 Å². The lowest BCUT2D eigenvalue weighted by Gasteiger charge is -2.19. The molecule has 0 aliphatic heterocycles. The summed E-state index contributed by atoms with van der Waals surface area (Å²) in [4.78, 5) is 11.1. The van der Waals surface area contributed by atoms with Crippen LogP contribution in [0.15, 0.2) is 0 Å². The molecule has 0 spiro atoms. The van der Waals surface area contributed by atoms with Crippen LogP contribution in [0.1, 0.15) is 42.1 Å². The Morgan fingerprint density at radius 2 is 2.19 bits per heavy atom. The summed E-state index contributed by atoms with van der Waals surface area (Å²) in [5.74, 6) is 0.486. The van der Waals surface area contributed by atoms with Gasteiger partial charge in [0.1, 0.15) is 0 Å². The molecule has 1 heterocycles. The van der Waals surface area contributed by atoms with Crippen LogP contribution < -0.4 is 5.73 Å². The van der Waals surface area contributed by atoms with Crippen molar-refractivity contribution in [3.8, 4) is 0 Å². The summed E-state index contributed by atoms with van der Waals surface area (Å²) in [6, 6.07) is 0.163. The Labute approximate surface area is 93.2 Å². The Kier molecular flexibility index (Phi) is 2.04. The molecule has 3 rings (SSSR count). The van der Waals surface area contributed by atoms with Gasteiger partial charge in [0.25, 0.3) is 0 Å². The SMILES string of the molecule is NC1CCc2c(c(C3CC3)nn2C(=O)O)C1. The van der Waals surface area contributed by atoms with Crippen molar-refractivity contribution in [1.82, 2.24) is 9.78 Å². The van der Waals surface area contributed by atoms with Gasteiger partial charge < -0.3 is 10.8 Å². The van der Waals surface area contributed by atoms with Crippen LogP contribution >= 0.6 is 0 Å². The van der Waals surface area contributed by atoms with Crippen molar-refractivity contribution in [3.63, 3.8) is 0 Å². The van der Waals surface area contributed by atoms with Gasteiger partial charge in [0.2, 0.25) is 0 Å². The fourth-order valence-corrected chi connectivity index (χ4v) is 2.51. The van der Waals surface area contributed by atoms with Crippen molar-refractivity contribution >= 4 is 6.09 Å². The van der Waals surface area contributed by atoms with Crippen molar-refractivity contribution in [1.29, 1.82) is 0 Å². The van der Waals surface area contributed by atoms with E-state index in [4.69, 9.17) is 10.8 Å². The van der Waals surface area contributed by atoms with Crippen molar-refractivity contribution in [2.24, 2.45) is 5.73 Å². The molecule has 5 nitrogen and oxygen atoms in total. The van der Waals surface area contributed by atoms with Crippen LogP contribution in [0.25, 0.3) is 0 Å². The van der Waals surface area contributed by atoms with Crippen LogP contribution in [0.3, 0.4) is 0 Å². The highest BCUT2D eigenvalue weighted by molar-refractivity contribution is 5.69. The van der Waals surface area contributed by atoms with Gasteiger partial charge in [-0.3, -0.25) is 0 Å². The maximum atomic E-state index is 11.1. The molecule has 16 heavy (non-hydrogen) atoms. The molecule has 0 bridgehead atoms. The molecule has 1 saturated carbocycles. The summed E-state index contributed by atoms with van der Waals surface area (Å²) in [7, 11) is 0. The molecule has 1 fully saturated rings. The molecule has 3 N–H and O–H groups in total. The zero-order valence-corrected chi connectivity index (χ0v) is 9.02. The Morgan fingerprint density at radius 3 is 2.81 bits per heavy atom. The third-order valence-electron chi connectivity index (χ3n) is 3.48. The molecule has 1 aromatic rings. The number of nitrogens with two attached hydrogens (primary N) is 1. The van der Waals surface area contributed by atoms with Gasteiger partial charge >= 0.3 is 6.09 Å². The van der Waals surface area contributed by atoms with E-state index in [2.05, 4.69) is 5.10 Å². The van der Waals surface area contributed by atoms with Crippen molar-refractivity contribution < 1.29 is 9.90 Å². The second-order valence-corrected chi connectivity index (χ2v) is 4.78. The third-order valence-corrected chi connectivity index (χ3v) is 3.48. The fraction of sp³-hybridized carbons (Fsp3) is 0.636. The first-order chi connectivity index (χ1) is 7.66. The van der Waals surface area contributed by atoms with E-state index in [9.17, 15) is 4.79 Å². The van der Waals surface area contributed by atoms with Crippen LogP contribution in [-0.2, 0) is 12.8 Å². The van der Waals surface area contributed by atoms with Crippen molar-refractivity contribution in [3.05, 3.63) is 17.0 Å². The maximum absolute atomic E-state index is 11.1. The molecular formula is C11H15N3O2. The first kappa shape index (κ1) is 9.84. The van der Waals surface area contributed by atoms with Gasteiger partial charge in [0.15, 0.2) is 0 Å². The van der Waals surface area contributed by atoms with E-state index in [0.29, 0.717) is 5.92 Å². The average molecular weight is 221 g/mol. The molecule has 86 valence electrons. The quantitative estimate of drug-likeness (QED) is 0.744. The summed E-state index contributed by atoms with van der Waals surface area (Å²) >= 11 is 0. The van der Waals surface area contributed by atoms with E-state index in [1.807, 2.05) is 0 Å². The van der Waals surface area contributed by atoms with Gasteiger partial charge in [-0.05, 0) is 37.7 Å². The Hall–Kier alpha value is -1.36. The molecule has 1 unspecified atom stereocenters. The maximum Gasteiger partial charge on any atom is 0.432 e. The largest absolute Gasteiger partial charge is 0.463 e. The predicted octanol–water partition coefficient (Wildman–Crippen LogP) is 1.10. The van der Waals surface area contributed by atoms with Gasteiger partial charge in [0.05, 0.1) is 11.4 Å². The summed E-state index contributed by atoms with van der Waals surface area (Å²) in [5.41, 5.74) is 8.92. The Morgan fingerprint density at radius 1 is 1.44 bits per heavy atom. The number of hydrogen-bond donors (Lipinski definition) is 2. The van der Waals surface area contributed by atoms with Crippen LogP contribution in [0.4, 0.5) is 4.79 Å². The van der Waals surface area contributed by atoms with Gasteiger partial charge in [-0.15, -0.1) is 0 Å². The highest BCUT2D eigenvalue weighted by Crippen LogP contribution is 2.42. The number of carbonyl (C=O) groups is 1.